The fraction of sp³-hybridized carbons (Fsp3) is 0.857. The normalized spacial score (nSPS) is 28.6. The van der Waals surface area contributed by atoms with Gasteiger partial charge in [0.25, 0.3) is 0 Å². The van der Waals surface area contributed by atoms with E-state index in [1.807, 2.05) is 0 Å². The molecule has 108 valence electrons. The van der Waals surface area contributed by atoms with Crippen LogP contribution in [0.5, 0.6) is 0 Å². The maximum atomic E-state index is 12.5. The third kappa shape index (κ3) is 2.76. The number of nitrogens with one attached hydrogen (secondary N) is 1. The second kappa shape index (κ2) is 5.12. The SMILES string of the molecule is CC(C(=O)O)C1CN(C(=O)C2NCCCC2(C)C)C1. The first-order valence-corrected chi connectivity index (χ1v) is 7.08. The molecule has 2 aliphatic rings. The van der Waals surface area contributed by atoms with Crippen molar-refractivity contribution in [2.75, 3.05) is 19.6 Å². The van der Waals surface area contributed by atoms with Gasteiger partial charge in [0.1, 0.15) is 0 Å². The van der Waals surface area contributed by atoms with Gasteiger partial charge in [-0.1, -0.05) is 20.8 Å². The maximum Gasteiger partial charge on any atom is 0.306 e. The standard InChI is InChI=1S/C14H24N2O3/c1-9(13(18)19)10-7-16(8-10)12(17)11-14(2,3)5-4-6-15-11/h9-11,15H,4-8H2,1-3H3,(H,18,19). The number of piperidine rings is 1. The van der Waals surface area contributed by atoms with Crippen molar-refractivity contribution in [3.05, 3.63) is 0 Å². The number of amides is 1. The van der Waals surface area contributed by atoms with Gasteiger partial charge < -0.3 is 15.3 Å². The number of rotatable bonds is 3. The molecule has 2 heterocycles. The topological polar surface area (TPSA) is 69.6 Å². The lowest BCUT2D eigenvalue weighted by atomic mass is 9.76. The number of aliphatic carboxylic acids is 1. The summed E-state index contributed by atoms with van der Waals surface area (Å²) in [6, 6.07) is -0.123. The van der Waals surface area contributed by atoms with Gasteiger partial charge >= 0.3 is 5.97 Å². The summed E-state index contributed by atoms with van der Waals surface area (Å²) in [4.78, 5) is 25.1. The number of carboxylic acids is 1. The Morgan fingerprint density at radius 3 is 2.53 bits per heavy atom. The molecule has 0 aromatic heterocycles. The van der Waals surface area contributed by atoms with Crippen molar-refractivity contribution in [3.63, 3.8) is 0 Å². The van der Waals surface area contributed by atoms with Gasteiger partial charge in [-0.05, 0) is 24.8 Å². The van der Waals surface area contributed by atoms with Crippen LogP contribution in [0, 0.1) is 17.3 Å². The van der Waals surface area contributed by atoms with Gasteiger partial charge in [-0.15, -0.1) is 0 Å². The van der Waals surface area contributed by atoms with Crippen LogP contribution < -0.4 is 5.32 Å². The summed E-state index contributed by atoms with van der Waals surface area (Å²) in [5, 5.41) is 12.3. The lowest BCUT2D eigenvalue weighted by Gasteiger charge is -2.47. The third-order valence-electron chi connectivity index (χ3n) is 4.69. The van der Waals surface area contributed by atoms with E-state index in [1.54, 1.807) is 11.8 Å². The van der Waals surface area contributed by atoms with Crippen molar-refractivity contribution < 1.29 is 14.7 Å². The Balaban J connectivity index is 1.91. The number of carbonyl (C=O) groups is 2. The molecule has 2 saturated heterocycles. The predicted molar refractivity (Wildman–Crippen MR) is 71.7 cm³/mol. The average Bonchev–Trinajstić information content (AvgIpc) is 2.25. The Hall–Kier alpha value is -1.10. The molecular weight excluding hydrogens is 244 g/mol. The van der Waals surface area contributed by atoms with Crippen LogP contribution in [0.15, 0.2) is 0 Å². The average molecular weight is 268 g/mol. The van der Waals surface area contributed by atoms with E-state index >= 15 is 0 Å². The summed E-state index contributed by atoms with van der Waals surface area (Å²) in [6.07, 6.45) is 2.16. The van der Waals surface area contributed by atoms with E-state index in [-0.39, 0.29) is 29.2 Å². The molecule has 0 saturated carbocycles. The van der Waals surface area contributed by atoms with Crippen molar-refractivity contribution in [1.82, 2.24) is 10.2 Å². The highest BCUT2D eigenvalue weighted by Crippen LogP contribution is 2.33. The summed E-state index contributed by atoms with van der Waals surface area (Å²) >= 11 is 0. The van der Waals surface area contributed by atoms with Crippen molar-refractivity contribution in [3.8, 4) is 0 Å². The van der Waals surface area contributed by atoms with E-state index < -0.39 is 5.97 Å². The molecule has 5 nitrogen and oxygen atoms in total. The molecule has 0 aromatic rings. The minimum Gasteiger partial charge on any atom is -0.481 e. The van der Waals surface area contributed by atoms with Gasteiger partial charge in [0.05, 0.1) is 12.0 Å². The molecular formula is C14H24N2O3. The molecule has 0 radical (unpaired) electrons. The molecule has 2 fully saturated rings. The van der Waals surface area contributed by atoms with Gasteiger partial charge in [-0.25, -0.2) is 0 Å². The monoisotopic (exact) mass is 268 g/mol. The fourth-order valence-electron chi connectivity index (χ4n) is 3.03. The number of likely N-dealkylation sites (tertiary alicyclic amines) is 1. The first-order valence-electron chi connectivity index (χ1n) is 7.08. The van der Waals surface area contributed by atoms with Crippen LogP contribution >= 0.6 is 0 Å². The van der Waals surface area contributed by atoms with Gasteiger partial charge in [0.15, 0.2) is 0 Å². The maximum absolute atomic E-state index is 12.5. The van der Waals surface area contributed by atoms with E-state index in [0.29, 0.717) is 13.1 Å². The van der Waals surface area contributed by atoms with Gasteiger partial charge in [-0.2, -0.15) is 0 Å². The van der Waals surface area contributed by atoms with Crippen molar-refractivity contribution >= 4 is 11.9 Å². The third-order valence-corrected chi connectivity index (χ3v) is 4.69. The minimum absolute atomic E-state index is 0.0150. The van der Waals surface area contributed by atoms with Gasteiger partial charge in [-0.3, -0.25) is 9.59 Å². The highest BCUT2D eigenvalue weighted by atomic mass is 16.4. The van der Waals surface area contributed by atoms with Gasteiger partial charge in [0.2, 0.25) is 5.91 Å². The molecule has 2 N–H and O–H groups in total. The van der Waals surface area contributed by atoms with Crippen LogP contribution in [0.4, 0.5) is 0 Å². The number of nitrogens with zero attached hydrogens (tertiary/aromatic N) is 1. The van der Waals surface area contributed by atoms with Crippen molar-refractivity contribution in [2.24, 2.45) is 17.3 Å². The zero-order valence-corrected chi connectivity index (χ0v) is 12.0. The molecule has 19 heavy (non-hydrogen) atoms. The number of hydrogen-bond acceptors (Lipinski definition) is 3. The molecule has 5 heteroatoms. The first kappa shape index (κ1) is 14.3. The van der Waals surface area contributed by atoms with Crippen molar-refractivity contribution in [1.29, 1.82) is 0 Å². The summed E-state index contributed by atoms with van der Waals surface area (Å²) < 4.78 is 0. The molecule has 0 bridgehead atoms. The fourth-order valence-corrected chi connectivity index (χ4v) is 3.03. The Morgan fingerprint density at radius 2 is 2.00 bits per heavy atom. The largest absolute Gasteiger partial charge is 0.481 e. The molecule has 0 aliphatic carbocycles. The van der Waals surface area contributed by atoms with E-state index in [4.69, 9.17) is 5.11 Å². The van der Waals surface area contributed by atoms with E-state index in [0.717, 1.165) is 19.4 Å². The van der Waals surface area contributed by atoms with E-state index in [2.05, 4.69) is 19.2 Å². The second-order valence-corrected chi connectivity index (χ2v) is 6.61. The zero-order chi connectivity index (χ0) is 14.2. The Kier molecular flexibility index (Phi) is 3.85. The molecule has 2 atom stereocenters. The van der Waals surface area contributed by atoms with Crippen LogP contribution in [-0.4, -0.2) is 47.6 Å². The highest BCUT2D eigenvalue weighted by Gasteiger charge is 2.44. The van der Waals surface area contributed by atoms with Crippen LogP contribution in [0.25, 0.3) is 0 Å². The minimum atomic E-state index is -0.770. The molecule has 1 amide bonds. The molecule has 2 rings (SSSR count). The van der Waals surface area contributed by atoms with Crippen LogP contribution in [0.2, 0.25) is 0 Å². The molecule has 0 spiro atoms. The lowest BCUT2D eigenvalue weighted by Crippen LogP contribution is -2.62. The van der Waals surface area contributed by atoms with E-state index in [9.17, 15) is 9.59 Å². The molecule has 2 unspecified atom stereocenters. The lowest BCUT2D eigenvalue weighted by molar-refractivity contribution is -0.153. The quantitative estimate of drug-likeness (QED) is 0.799. The second-order valence-electron chi connectivity index (χ2n) is 6.61. The summed E-state index contributed by atoms with van der Waals surface area (Å²) in [5.74, 6) is -0.892. The number of carboxylic acid groups (broad SMARTS) is 1. The predicted octanol–water partition coefficient (Wildman–Crippen LogP) is 0.944. The number of carbonyl (C=O) groups excluding carboxylic acids is 1. The Bertz CT molecular complexity index is 375. The van der Waals surface area contributed by atoms with Crippen molar-refractivity contribution in [2.45, 2.75) is 39.7 Å². The van der Waals surface area contributed by atoms with Crippen LogP contribution in [0.1, 0.15) is 33.6 Å². The van der Waals surface area contributed by atoms with Crippen LogP contribution in [-0.2, 0) is 9.59 Å². The zero-order valence-electron chi connectivity index (χ0n) is 12.0. The Morgan fingerprint density at radius 1 is 1.37 bits per heavy atom. The summed E-state index contributed by atoms with van der Waals surface area (Å²) in [5.41, 5.74) is -0.0150. The summed E-state index contributed by atoms with van der Waals surface area (Å²) in [6.45, 7) is 8.03. The van der Waals surface area contributed by atoms with E-state index in [1.165, 1.54) is 0 Å². The van der Waals surface area contributed by atoms with Crippen LogP contribution in [0.3, 0.4) is 0 Å². The summed E-state index contributed by atoms with van der Waals surface area (Å²) in [7, 11) is 0. The Labute approximate surface area is 114 Å². The highest BCUT2D eigenvalue weighted by molar-refractivity contribution is 5.84. The smallest absolute Gasteiger partial charge is 0.306 e. The number of hydrogen-bond donors (Lipinski definition) is 2. The first-order chi connectivity index (χ1) is 8.83. The molecule has 0 aromatic carbocycles. The van der Waals surface area contributed by atoms with Gasteiger partial charge in [0, 0.05) is 19.0 Å². The molecule has 2 aliphatic heterocycles.